The molecule has 2 saturated heterocycles. The van der Waals surface area contributed by atoms with Gasteiger partial charge in [-0.25, -0.2) is 14.6 Å². The Bertz CT molecular complexity index is 1270. The van der Waals surface area contributed by atoms with E-state index in [1.807, 2.05) is 37.3 Å². The number of carboxylic acids is 2. The van der Waals surface area contributed by atoms with Gasteiger partial charge < -0.3 is 44.7 Å². The Morgan fingerprint density at radius 3 is 2.38 bits per heavy atom. The molecule has 0 spiro atoms. The highest BCUT2D eigenvalue weighted by molar-refractivity contribution is 5.93. The van der Waals surface area contributed by atoms with Crippen molar-refractivity contribution < 1.29 is 54.1 Å². The van der Waals surface area contributed by atoms with Crippen molar-refractivity contribution in [1.29, 1.82) is 0 Å². The zero-order valence-electron chi connectivity index (χ0n) is 21.9. The summed E-state index contributed by atoms with van der Waals surface area (Å²) in [6.45, 7) is 7.16. The Morgan fingerprint density at radius 2 is 1.82 bits per heavy atom. The number of fused-ring (bicyclic) bond motifs is 2. The number of imidazole rings is 1. The van der Waals surface area contributed by atoms with Crippen LogP contribution in [0.1, 0.15) is 44.1 Å². The maximum atomic E-state index is 12.5. The van der Waals surface area contributed by atoms with Crippen molar-refractivity contribution in [2.24, 2.45) is 5.92 Å². The molecular weight excluding hydrogens is 528 g/mol. The summed E-state index contributed by atoms with van der Waals surface area (Å²) in [6, 6.07) is 9.48. The highest BCUT2D eigenvalue weighted by atomic mass is 16.8. The lowest BCUT2D eigenvalue weighted by molar-refractivity contribution is -0.383. The zero-order valence-corrected chi connectivity index (χ0v) is 21.9. The molecule has 6 N–H and O–H groups in total. The summed E-state index contributed by atoms with van der Waals surface area (Å²) in [6.07, 6.45) is -4.82. The maximum Gasteiger partial charge on any atom is 0.342 e. The number of aliphatic hydroxyl groups is 3. The molecule has 0 unspecified atom stereocenters. The molecule has 0 saturated carbocycles. The summed E-state index contributed by atoms with van der Waals surface area (Å²) >= 11 is 0. The molecule has 1 aromatic carbocycles. The number of hydrogen-bond acceptors (Lipinski definition) is 10. The fourth-order valence-electron chi connectivity index (χ4n) is 5.64. The third kappa shape index (κ3) is 4.59. The minimum atomic E-state index is -3.38. The number of aliphatic hydroxyl groups excluding tert-OH is 2. The van der Waals surface area contributed by atoms with Gasteiger partial charge in [0.2, 0.25) is 11.2 Å². The number of rotatable bonds is 11. The van der Waals surface area contributed by atoms with Gasteiger partial charge in [-0.1, -0.05) is 43.8 Å². The first kappa shape index (κ1) is 29.4. The van der Waals surface area contributed by atoms with E-state index < -0.39 is 59.3 Å². The maximum absolute atomic E-state index is 12.5. The van der Waals surface area contributed by atoms with Crippen molar-refractivity contribution in [2.45, 2.75) is 74.5 Å². The van der Waals surface area contributed by atoms with E-state index >= 15 is 0 Å². The summed E-state index contributed by atoms with van der Waals surface area (Å²) in [5, 5.41) is 53.4. The highest BCUT2D eigenvalue weighted by Gasteiger charge is 2.83. The number of nitrogens with zero attached hydrogens (tertiary/aromatic N) is 1. The molecule has 3 heterocycles. The summed E-state index contributed by atoms with van der Waals surface area (Å²) in [7, 11) is 0. The summed E-state index contributed by atoms with van der Waals surface area (Å²) in [5.74, 6) is -7.17. The lowest BCUT2D eigenvalue weighted by Crippen LogP contribution is -2.73. The molecule has 1 aromatic heterocycles. The second kappa shape index (κ2) is 10.7. The number of aliphatic carboxylic acids is 2. The molecule has 0 aliphatic carbocycles. The van der Waals surface area contributed by atoms with E-state index in [4.69, 9.17) is 14.2 Å². The van der Waals surface area contributed by atoms with E-state index in [2.05, 4.69) is 16.5 Å². The second-order valence-corrected chi connectivity index (χ2v) is 10.3. The van der Waals surface area contributed by atoms with Crippen molar-refractivity contribution in [2.75, 3.05) is 0 Å². The standard InChI is InChI=1S/C27H32N2O11/c1-14(19(38-16(3)30)15(2)11-17-7-5-4-6-8-17)9-10-25-20(31)21(32)27(40-25,24(35)36)26(37,23(33)34)22(39-25)18-12-28-13-29-18/h4-8,12-13,15,19-22,31-32,37H,1,9-11H2,2-3H3,(H,28,29)(H,33,34)(H,35,36)/t15-,19-,20-,21-,22-,25-,26-,27-/m1/s1. The van der Waals surface area contributed by atoms with Crippen LogP contribution in [0.4, 0.5) is 0 Å². The van der Waals surface area contributed by atoms with E-state index in [-0.39, 0.29) is 24.5 Å². The number of benzene rings is 1. The molecule has 0 amide bonds. The van der Waals surface area contributed by atoms with E-state index in [0.29, 0.717) is 12.0 Å². The number of hydrogen-bond donors (Lipinski definition) is 6. The number of ether oxygens (including phenoxy) is 3. The molecular formula is C27H32N2O11. The molecule has 40 heavy (non-hydrogen) atoms. The van der Waals surface area contributed by atoms with Crippen molar-refractivity contribution in [3.63, 3.8) is 0 Å². The van der Waals surface area contributed by atoms with Gasteiger partial charge in [-0.3, -0.25) is 4.79 Å². The van der Waals surface area contributed by atoms with Crippen LogP contribution in [0.5, 0.6) is 0 Å². The van der Waals surface area contributed by atoms with Crippen LogP contribution >= 0.6 is 0 Å². The van der Waals surface area contributed by atoms with Gasteiger partial charge in [0.1, 0.15) is 24.4 Å². The molecule has 2 bridgehead atoms. The summed E-state index contributed by atoms with van der Waals surface area (Å²) < 4.78 is 17.0. The van der Waals surface area contributed by atoms with Crippen LogP contribution in [-0.4, -0.2) is 88.7 Å². The van der Waals surface area contributed by atoms with E-state index in [9.17, 15) is 39.9 Å². The smallest absolute Gasteiger partial charge is 0.342 e. The summed E-state index contributed by atoms with van der Waals surface area (Å²) in [5.41, 5.74) is -5.35. The van der Waals surface area contributed by atoms with Crippen molar-refractivity contribution in [1.82, 2.24) is 9.97 Å². The lowest BCUT2D eigenvalue weighted by Gasteiger charge is -2.49. The summed E-state index contributed by atoms with van der Waals surface area (Å²) in [4.78, 5) is 43.2. The Hall–Kier alpha value is -3.62. The van der Waals surface area contributed by atoms with E-state index in [1.165, 1.54) is 6.92 Å². The van der Waals surface area contributed by atoms with Gasteiger partial charge in [-0.05, 0) is 24.0 Å². The van der Waals surface area contributed by atoms with Gasteiger partial charge in [0, 0.05) is 19.3 Å². The fourth-order valence-corrected chi connectivity index (χ4v) is 5.64. The lowest BCUT2D eigenvalue weighted by atomic mass is 9.74. The van der Waals surface area contributed by atoms with Crippen LogP contribution < -0.4 is 0 Å². The third-order valence-corrected chi connectivity index (χ3v) is 7.62. The fraction of sp³-hybridized carbons (Fsp3) is 0.481. The molecule has 4 rings (SSSR count). The number of aromatic nitrogens is 2. The van der Waals surface area contributed by atoms with Crippen LogP contribution in [-0.2, 0) is 35.0 Å². The molecule has 216 valence electrons. The van der Waals surface area contributed by atoms with Crippen LogP contribution in [0.3, 0.4) is 0 Å². The number of carboxylic acid groups (broad SMARTS) is 2. The predicted octanol–water partition coefficient (Wildman–Crippen LogP) is 0.715. The van der Waals surface area contributed by atoms with Gasteiger partial charge >= 0.3 is 17.9 Å². The van der Waals surface area contributed by atoms with Crippen molar-refractivity contribution in [3.05, 3.63) is 66.3 Å². The van der Waals surface area contributed by atoms with Crippen LogP contribution in [0, 0.1) is 5.92 Å². The molecule has 13 heteroatoms. The van der Waals surface area contributed by atoms with E-state index in [1.54, 1.807) is 0 Å². The van der Waals surface area contributed by atoms with Gasteiger partial charge in [-0.15, -0.1) is 0 Å². The van der Waals surface area contributed by atoms with Crippen LogP contribution in [0.2, 0.25) is 0 Å². The number of carbonyl (C=O) groups excluding carboxylic acids is 1. The number of carbonyl (C=O) groups is 3. The minimum Gasteiger partial charge on any atom is -0.479 e. The van der Waals surface area contributed by atoms with Crippen LogP contribution in [0.15, 0.2) is 55.0 Å². The number of nitrogens with one attached hydrogen (secondary N) is 1. The Kier molecular flexibility index (Phi) is 7.89. The van der Waals surface area contributed by atoms with Gasteiger partial charge in [0.25, 0.3) is 0 Å². The molecule has 8 atom stereocenters. The largest absolute Gasteiger partial charge is 0.479 e. The monoisotopic (exact) mass is 560 g/mol. The normalized spacial score (nSPS) is 32.7. The van der Waals surface area contributed by atoms with Gasteiger partial charge in [0.05, 0.1) is 18.2 Å². The molecule has 13 nitrogen and oxygen atoms in total. The number of esters is 1. The second-order valence-electron chi connectivity index (χ2n) is 10.3. The van der Waals surface area contributed by atoms with Crippen molar-refractivity contribution >= 4 is 17.9 Å². The minimum absolute atomic E-state index is 0.0578. The average molecular weight is 561 g/mol. The molecule has 2 aliphatic heterocycles. The van der Waals surface area contributed by atoms with Crippen molar-refractivity contribution in [3.8, 4) is 0 Å². The Labute approximate surface area is 229 Å². The Balaban J connectivity index is 1.66. The zero-order chi connectivity index (χ0) is 29.5. The quantitative estimate of drug-likeness (QED) is 0.166. The molecule has 2 aliphatic rings. The molecule has 2 fully saturated rings. The first-order valence-corrected chi connectivity index (χ1v) is 12.6. The highest BCUT2D eigenvalue weighted by Crippen LogP contribution is 2.58. The topological polar surface area (TPSA) is 209 Å². The molecule has 0 radical (unpaired) electrons. The van der Waals surface area contributed by atoms with Gasteiger partial charge in [0.15, 0.2) is 5.79 Å². The Morgan fingerprint density at radius 1 is 1.15 bits per heavy atom. The van der Waals surface area contributed by atoms with E-state index in [0.717, 1.165) is 18.1 Å². The van der Waals surface area contributed by atoms with Gasteiger partial charge in [-0.2, -0.15) is 0 Å². The average Bonchev–Trinajstić information content (AvgIpc) is 3.50. The number of H-pyrrole nitrogens is 1. The van der Waals surface area contributed by atoms with Crippen LogP contribution in [0.25, 0.3) is 0 Å². The molecule has 2 aromatic rings. The first-order valence-electron chi connectivity index (χ1n) is 12.6. The third-order valence-electron chi connectivity index (χ3n) is 7.62. The first-order chi connectivity index (χ1) is 18.8. The number of aromatic amines is 1. The SMILES string of the molecule is C=C(CC[C@@]12O[C@H](c3cnc[nH]3)[C@@](O)(C(=O)O)[C@@](C(=O)O)(O1)[C@H](O)[C@H]2O)[C@@H](OC(C)=O)[C@H](C)Cc1ccccc1. The predicted molar refractivity (Wildman–Crippen MR) is 134 cm³/mol.